The highest BCUT2D eigenvalue weighted by molar-refractivity contribution is 6.35. The minimum absolute atomic E-state index is 0.0580. The first-order valence-corrected chi connectivity index (χ1v) is 8.82. The van der Waals surface area contributed by atoms with E-state index in [0.29, 0.717) is 16.4 Å². The van der Waals surface area contributed by atoms with Crippen molar-refractivity contribution >= 4 is 34.8 Å². The average molecular weight is 447 g/mol. The second kappa shape index (κ2) is 8.10. The van der Waals surface area contributed by atoms with Crippen LogP contribution < -0.4 is 0 Å². The van der Waals surface area contributed by atoms with Crippen LogP contribution in [0.2, 0.25) is 10.0 Å². The predicted octanol–water partition coefficient (Wildman–Crippen LogP) is 4.07. The summed E-state index contributed by atoms with van der Waals surface area (Å²) < 4.78 is 55.0. The Bertz CT molecular complexity index is 782. The van der Waals surface area contributed by atoms with Gasteiger partial charge in [0.1, 0.15) is 18.3 Å². The first-order chi connectivity index (χ1) is 12.7. The first-order valence-electron chi connectivity index (χ1n) is 7.63. The molecule has 0 amide bonds. The van der Waals surface area contributed by atoms with Gasteiger partial charge in [-0.05, 0) is 12.1 Å². The lowest BCUT2D eigenvalue weighted by atomic mass is 10.0. The molecule has 0 aliphatic carbocycles. The number of halogens is 6. The number of H-pyrrole nitrogens is 1. The largest absolute Gasteiger partial charge is 0.401 e. The Hall–Kier alpha value is -1.10. The second-order valence-corrected chi connectivity index (χ2v) is 6.94. The van der Waals surface area contributed by atoms with Gasteiger partial charge in [-0.2, -0.15) is 13.9 Å². The number of nitrogens with one attached hydrogen (secondary N) is 1. The van der Waals surface area contributed by atoms with Crippen LogP contribution in [0, 0.1) is 0 Å². The molecule has 1 aromatic heterocycles. The highest BCUT2D eigenvalue weighted by Gasteiger charge is 2.47. The third kappa shape index (κ3) is 4.67. The van der Waals surface area contributed by atoms with Crippen molar-refractivity contribution in [3.63, 3.8) is 0 Å². The summed E-state index contributed by atoms with van der Waals surface area (Å²) in [5.74, 6) is -1.03. The minimum atomic E-state index is -4.15. The highest BCUT2D eigenvalue weighted by Crippen LogP contribution is 2.41. The number of hydrogen-bond acceptors (Lipinski definition) is 5. The zero-order valence-electron chi connectivity index (χ0n) is 13.5. The van der Waals surface area contributed by atoms with Crippen molar-refractivity contribution in [2.24, 2.45) is 0 Å². The summed E-state index contributed by atoms with van der Waals surface area (Å²) in [6.45, 7) is -0.758. The molecule has 6 nitrogen and oxygen atoms in total. The van der Waals surface area contributed by atoms with Crippen molar-refractivity contribution in [2.75, 3.05) is 13.2 Å². The Kier molecular flexibility index (Phi) is 6.19. The Balaban J connectivity index is 1.82. The monoisotopic (exact) mass is 445 g/mol. The summed E-state index contributed by atoms with van der Waals surface area (Å²) in [5.41, 5.74) is -2.57. The highest BCUT2D eigenvalue weighted by atomic mass is 35.5. The molecule has 0 radical (unpaired) electrons. The Labute approximate surface area is 166 Å². The van der Waals surface area contributed by atoms with Crippen molar-refractivity contribution in [3.05, 3.63) is 46.0 Å². The van der Waals surface area contributed by atoms with E-state index in [1.165, 1.54) is 12.4 Å². The molecule has 12 heteroatoms. The lowest BCUT2D eigenvalue weighted by Crippen LogP contribution is -2.35. The quantitative estimate of drug-likeness (QED) is 0.650. The Morgan fingerprint density at radius 3 is 2.81 bits per heavy atom. The molecule has 0 saturated carbocycles. The molecule has 27 heavy (non-hydrogen) atoms. The zero-order valence-corrected chi connectivity index (χ0v) is 15.7. The van der Waals surface area contributed by atoms with Gasteiger partial charge in [-0.15, -0.1) is 0 Å². The van der Waals surface area contributed by atoms with Gasteiger partial charge in [0.15, 0.2) is 0 Å². The first kappa shape index (κ1) is 20.6. The Morgan fingerprint density at radius 2 is 2.19 bits per heavy atom. The maximum Gasteiger partial charge on any atom is 0.401 e. The van der Waals surface area contributed by atoms with Crippen LogP contribution in [0.3, 0.4) is 0 Å². The second-order valence-electron chi connectivity index (χ2n) is 5.71. The molecule has 1 aliphatic rings. The fourth-order valence-electron chi connectivity index (χ4n) is 2.58. The molecule has 0 spiro atoms. The van der Waals surface area contributed by atoms with Gasteiger partial charge in [-0.25, -0.2) is 9.37 Å². The summed E-state index contributed by atoms with van der Waals surface area (Å²) in [6, 6.07) is 4.67. The van der Waals surface area contributed by atoms with E-state index in [9.17, 15) is 13.2 Å². The lowest BCUT2D eigenvalue weighted by Gasteiger charge is -2.29. The molecule has 2 aromatic rings. The summed E-state index contributed by atoms with van der Waals surface area (Å²) in [5, 5.41) is 7.06. The standard InChI is InChI=1S/C15H13Cl3F3N3O3/c16-8-1-2-10(11(17)3-8)14(4-12-22-7-23-24-12)25-5-9(27-14)6-26-15(20,21)13(18)19/h1-3,7,9,13H,4-6H2,(H,22,23,24). The molecular weight excluding hydrogens is 434 g/mol. The van der Waals surface area contributed by atoms with E-state index in [-0.39, 0.29) is 18.1 Å². The third-order valence-electron chi connectivity index (χ3n) is 3.78. The molecule has 2 heterocycles. The number of rotatable bonds is 7. The van der Waals surface area contributed by atoms with Gasteiger partial charge in [-0.3, -0.25) is 5.10 Å². The number of benzene rings is 1. The number of aromatic nitrogens is 3. The van der Waals surface area contributed by atoms with Gasteiger partial charge in [0.2, 0.25) is 5.79 Å². The van der Waals surface area contributed by atoms with Crippen LogP contribution in [0.25, 0.3) is 0 Å². The fourth-order valence-corrected chi connectivity index (χ4v) is 3.19. The summed E-state index contributed by atoms with van der Waals surface area (Å²) >= 11 is 17.0. The molecule has 0 bridgehead atoms. The molecule has 1 aliphatic heterocycles. The number of aromatic amines is 1. The molecule has 1 saturated heterocycles. The van der Waals surface area contributed by atoms with Gasteiger partial charge >= 0.3 is 6.11 Å². The van der Waals surface area contributed by atoms with Crippen molar-refractivity contribution < 1.29 is 27.4 Å². The van der Waals surface area contributed by atoms with E-state index >= 15 is 0 Å². The van der Waals surface area contributed by atoms with Crippen LogP contribution in [-0.2, 0) is 26.4 Å². The summed E-state index contributed by atoms with van der Waals surface area (Å²) in [6.07, 6.45) is -3.73. The van der Waals surface area contributed by atoms with Crippen LogP contribution in [0.5, 0.6) is 0 Å². The third-order valence-corrected chi connectivity index (χ3v) is 4.58. The molecule has 1 N–H and O–H groups in total. The van der Waals surface area contributed by atoms with Crippen molar-refractivity contribution in [3.8, 4) is 0 Å². The van der Waals surface area contributed by atoms with Crippen LogP contribution in [-0.4, -0.2) is 46.2 Å². The van der Waals surface area contributed by atoms with E-state index < -0.39 is 30.2 Å². The fraction of sp³-hybridized carbons (Fsp3) is 0.467. The zero-order chi connectivity index (χ0) is 19.7. The van der Waals surface area contributed by atoms with Crippen molar-refractivity contribution in [1.82, 2.24) is 15.2 Å². The molecule has 3 atom stereocenters. The van der Waals surface area contributed by atoms with Crippen molar-refractivity contribution in [1.29, 1.82) is 0 Å². The molecule has 1 fully saturated rings. The molecular formula is C15H13Cl3F3N3O3. The molecule has 148 valence electrons. The van der Waals surface area contributed by atoms with E-state index in [2.05, 4.69) is 19.9 Å². The van der Waals surface area contributed by atoms with Gasteiger partial charge in [-0.1, -0.05) is 40.9 Å². The van der Waals surface area contributed by atoms with Gasteiger partial charge in [0, 0.05) is 10.6 Å². The van der Waals surface area contributed by atoms with Gasteiger partial charge in [0.25, 0.3) is 5.63 Å². The summed E-state index contributed by atoms with van der Waals surface area (Å²) in [4.78, 5) is 4.02. The maximum atomic E-state index is 13.2. The minimum Gasteiger partial charge on any atom is -0.343 e. The van der Waals surface area contributed by atoms with E-state index in [1.807, 2.05) is 0 Å². The maximum absolute atomic E-state index is 13.2. The smallest absolute Gasteiger partial charge is 0.343 e. The number of nitrogens with zero attached hydrogens (tertiary/aromatic N) is 2. The number of alkyl halides is 4. The van der Waals surface area contributed by atoms with Crippen LogP contribution >= 0.6 is 34.8 Å². The van der Waals surface area contributed by atoms with E-state index in [0.717, 1.165) is 0 Å². The topological polar surface area (TPSA) is 69.3 Å². The lowest BCUT2D eigenvalue weighted by molar-refractivity contribution is -0.270. The van der Waals surface area contributed by atoms with Crippen LogP contribution in [0.4, 0.5) is 13.2 Å². The number of ether oxygens (including phenoxy) is 3. The molecule has 1 aromatic carbocycles. The van der Waals surface area contributed by atoms with E-state index in [1.54, 1.807) is 12.1 Å². The molecule has 3 rings (SSSR count). The van der Waals surface area contributed by atoms with Crippen LogP contribution in [0.15, 0.2) is 24.5 Å². The average Bonchev–Trinajstić information content (AvgIpc) is 3.24. The van der Waals surface area contributed by atoms with Crippen molar-refractivity contribution in [2.45, 2.75) is 30.1 Å². The normalized spacial score (nSPS) is 24.3. The number of hydrogen-bond donors (Lipinski definition) is 1. The van der Waals surface area contributed by atoms with E-state index in [4.69, 9.17) is 44.3 Å². The summed E-state index contributed by atoms with van der Waals surface area (Å²) in [7, 11) is 0. The predicted molar refractivity (Wildman–Crippen MR) is 90.7 cm³/mol. The SMILES string of the molecule is FC(Cl)C(F)(F)OCC1COC(Cc2ncn[nH]2)(c2ccc(Cl)cc2Cl)O1. The van der Waals surface area contributed by atoms with Crippen LogP contribution in [0.1, 0.15) is 11.4 Å². The van der Waals surface area contributed by atoms with Gasteiger partial charge < -0.3 is 14.2 Å². The van der Waals surface area contributed by atoms with Gasteiger partial charge in [0.05, 0.1) is 24.7 Å². The molecule has 3 unspecified atom stereocenters. The Morgan fingerprint density at radius 1 is 1.41 bits per heavy atom.